The Kier molecular flexibility index (Phi) is 3.07. The fourth-order valence-corrected chi connectivity index (χ4v) is 2.87. The van der Waals surface area contributed by atoms with Gasteiger partial charge in [0.1, 0.15) is 0 Å². The molecule has 3 rings (SSSR count). The molecule has 1 N–H and O–H groups in total. The van der Waals surface area contributed by atoms with Gasteiger partial charge in [-0.1, -0.05) is 28.1 Å². The number of fused-ring (bicyclic) bond motifs is 1. The number of rotatable bonds is 1. The second-order valence-electron chi connectivity index (χ2n) is 4.72. The number of aromatic amines is 1. The van der Waals surface area contributed by atoms with Crippen LogP contribution in [0.1, 0.15) is 11.1 Å². The van der Waals surface area contributed by atoms with Gasteiger partial charge in [0.15, 0.2) is 4.77 Å². The van der Waals surface area contributed by atoms with Gasteiger partial charge in [0, 0.05) is 10.2 Å². The van der Waals surface area contributed by atoms with E-state index in [9.17, 15) is 0 Å². The van der Waals surface area contributed by atoms with Crippen molar-refractivity contribution in [3.05, 3.63) is 56.8 Å². The van der Waals surface area contributed by atoms with E-state index in [4.69, 9.17) is 12.2 Å². The van der Waals surface area contributed by atoms with Crippen molar-refractivity contribution in [2.24, 2.45) is 0 Å². The fourth-order valence-electron chi connectivity index (χ4n) is 2.19. The number of hydrogen-bond acceptors (Lipinski definition) is 1. The average Bonchev–Trinajstić information content (AvgIpc) is 2.68. The lowest BCUT2D eigenvalue weighted by Gasteiger charge is -2.07. The lowest BCUT2D eigenvalue weighted by atomic mass is 10.2. The van der Waals surface area contributed by atoms with Crippen molar-refractivity contribution >= 4 is 39.2 Å². The first-order valence-electron chi connectivity index (χ1n) is 6.04. The zero-order valence-corrected chi connectivity index (χ0v) is 13.1. The summed E-state index contributed by atoms with van der Waals surface area (Å²) in [5, 5.41) is 0. The highest BCUT2D eigenvalue weighted by molar-refractivity contribution is 9.10. The van der Waals surface area contributed by atoms with Gasteiger partial charge in [-0.25, -0.2) is 0 Å². The van der Waals surface area contributed by atoms with Crippen molar-refractivity contribution in [1.82, 2.24) is 9.55 Å². The molecule has 0 radical (unpaired) electrons. The van der Waals surface area contributed by atoms with Crippen LogP contribution >= 0.6 is 28.1 Å². The van der Waals surface area contributed by atoms with Crippen LogP contribution in [-0.2, 0) is 0 Å². The van der Waals surface area contributed by atoms with Crippen LogP contribution in [0.4, 0.5) is 0 Å². The number of H-pyrrole nitrogens is 1. The van der Waals surface area contributed by atoms with Crippen molar-refractivity contribution in [2.75, 3.05) is 0 Å². The molecular formula is C15H13BrN2S. The van der Waals surface area contributed by atoms with Crippen LogP contribution < -0.4 is 0 Å². The van der Waals surface area contributed by atoms with E-state index < -0.39 is 0 Å². The summed E-state index contributed by atoms with van der Waals surface area (Å²) < 4.78 is 3.88. The Morgan fingerprint density at radius 2 is 1.89 bits per heavy atom. The summed E-state index contributed by atoms with van der Waals surface area (Å²) in [5.74, 6) is 0. The number of nitrogens with one attached hydrogen (secondary N) is 1. The number of aromatic nitrogens is 2. The van der Waals surface area contributed by atoms with Gasteiger partial charge in [-0.15, -0.1) is 0 Å². The van der Waals surface area contributed by atoms with E-state index in [1.807, 2.05) is 0 Å². The third-order valence-corrected chi connectivity index (χ3v) is 4.39. The van der Waals surface area contributed by atoms with Crippen molar-refractivity contribution in [1.29, 1.82) is 0 Å². The molecule has 0 aliphatic carbocycles. The quantitative estimate of drug-likeness (QED) is 0.617. The molecular weight excluding hydrogens is 320 g/mol. The summed E-state index contributed by atoms with van der Waals surface area (Å²) in [4.78, 5) is 3.25. The smallest absolute Gasteiger partial charge is 0.182 e. The van der Waals surface area contributed by atoms with Gasteiger partial charge in [0.25, 0.3) is 0 Å². The zero-order valence-electron chi connectivity index (χ0n) is 10.7. The minimum absolute atomic E-state index is 0.719. The van der Waals surface area contributed by atoms with Gasteiger partial charge < -0.3 is 4.98 Å². The highest BCUT2D eigenvalue weighted by Crippen LogP contribution is 2.24. The summed E-state index contributed by atoms with van der Waals surface area (Å²) in [6.45, 7) is 4.16. The summed E-state index contributed by atoms with van der Waals surface area (Å²) >= 11 is 9.02. The maximum atomic E-state index is 5.45. The number of benzene rings is 2. The van der Waals surface area contributed by atoms with Crippen molar-refractivity contribution in [3.63, 3.8) is 0 Å². The fraction of sp³-hybridized carbons (Fsp3) is 0.133. The Hall–Kier alpha value is -1.39. The highest BCUT2D eigenvalue weighted by atomic mass is 79.9. The minimum atomic E-state index is 0.719. The van der Waals surface area contributed by atoms with Crippen molar-refractivity contribution in [2.45, 2.75) is 13.8 Å². The predicted molar refractivity (Wildman–Crippen MR) is 85.6 cm³/mol. The van der Waals surface area contributed by atoms with E-state index in [2.05, 4.69) is 75.7 Å². The topological polar surface area (TPSA) is 20.7 Å². The molecule has 2 nitrogen and oxygen atoms in total. The molecule has 2 aromatic carbocycles. The Morgan fingerprint density at radius 1 is 1.11 bits per heavy atom. The molecule has 0 spiro atoms. The van der Waals surface area contributed by atoms with E-state index in [-0.39, 0.29) is 0 Å². The Labute approximate surface area is 125 Å². The van der Waals surface area contributed by atoms with Gasteiger partial charge in [-0.05, 0) is 61.5 Å². The van der Waals surface area contributed by atoms with Crippen LogP contribution in [0.5, 0.6) is 0 Å². The molecule has 19 heavy (non-hydrogen) atoms. The lowest BCUT2D eigenvalue weighted by Crippen LogP contribution is -1.94. The van der Waals surface area contributed by atoms with E-state index in [1.54, 1.807) is 0 Å². The van der Waals surface area contributed by atoms with Crippen LogP contribution in [0, 0.1) is 18.6 Å². The van der Waals surface area contributed by atoms with E-state index in [0.717, 1.165) is 26.0 Å². The minimum Gasteiger partial charge on any atom is -0.330 e. The number of hydrogen-bond donors (Lipinski definition) is 1. The molecule has 96 valence electrons. The summed E-state index contributed by atoms with van der Waals surface area (Å²) in [6, 6.07) is 12.6. The molecule has 0 saturated heterocycles. The van der Waals surface area contributed by atoms with Crippen LogP contribution in [0.25, 0.3) is 16.7 Å². The first-order chi connectivity index (χ1) is 9.06. The zero-order chi connectivity index (χ0) is 13.6. The molecule has 1 heterocycles. The second kappa shape index (κ2) is 4.62. The molecule has 0 aliphatic heterocycles. The molecule has 0 aliphatic rings. The van der Waals surface area contributed by atoms with E-state index in [0.29, 0.717) is 0 Å². The third-order valence-electron chi connectivity index (χ3n) is 3.25. The van der Waals surface area contributed by atoms with Gasteiger partial charge in [-0.2, -0.15) is 0 Å². The third kappa shape index (κ3) is 2.15. The molecule has 3 aromatic rings. The summed E-state index contributed by atoms with van der Waals surface area (Å²) in [5.41, 5.74) is 5.68. The molecule has 0 unspecified atom stereocenters. The van der Waals surface area contributed by atoms with E-state index in [1.165, 1.54) is 11.1 Å². The molecule has 0 fully saturated rings. The van der Waals surface area contributed by atoms with Gasteiger partial charge in [0.2, 0.25) is 0 Å². The number of aryl methyl sites for hydroxylation is 2. The highest BCUT2D eigenvalue weighted by Gasteiger charge is 2.07. The first-order valence-corrected chi connectivity index (χ1v) is 7.24. The van der Waals surface area contributed by atoms with Crippen LogP contribution in [-0.4, -0.2) is 9.55 Å². The maximum Gasteiger partial charge on any atom is 0.182 e. The standard InChI is InChI=1S/C15H13BrN2S/c1-9-3-6-13-14(7-9)18(15(19)17-13)11-5-4-10(2)12(16)8-11/h3-8H,1-2H3,(H,17,19). The Bertz CT molecular complexity index is 830. The summed E-state index contributed by atoms with van der Waals surface area (Å²) in [6.07, 6.45) is 0. The Morgan fingerprint density at radius 3 is 2.63 bits per heavy atom. The van der Waals surface area contributed by atoms with Crippen LogP contribution in [0.15, 0.2) is 40.9 Å². The van der Waals surface area contributed by atoms with Crippen molar-refractivity contribution in [3.8, 4) is 5.69 Å². The Balaban J connectivity index is 2.35. The van der Waals surface area contributed by atoms with Crippen LogP contribution in [0.3, 0.4) is 0 Å². The largest absolute Gasteiger partial charge is 0.330 e. The number of nitrogens with zero attached hydrogens (tertiary/aromatic N) is 1. The van der Waals surface area contributed by atoms with Gasteiger partial charge >= 0.3 is 0 Å². The van der Waals surface area contributed by atoms with E-state index >= 15 is 0 Å². The second-order valence-corrected chi connectivity index (χ2v) is 5.96. The monoisotopic (exact) mass is 332 g/mol. The number of halogens is 1. The predicted octanol–water partition coefficient (Wildman–Crippen LogP) is 5.07. The normalized spacial score (nSPS) is 11.1. The lowest BCUT2D eigenvalue weighted by molar-refractivity contribution is 1.06. The SMILES string of the molecule is Cc1ccc2[nH]c(=S)n(-c3ccc(C)c(Br)c3)c2c1. The maximum absolute atomic E-state index is 5.45. The number of imidazole rings is 1. The molecule has 0 bridgehead atoms. The van der Waals surface area contributed by atoms with Gasteiger partial charge in [-0.3, -0.25) is 4.57 Å². The summed E-state index contributed by atoms with van der Waals surface area (Å²) in [7, 11) is 0. The van der Waals surface area contributed by atoms with Gasteiger partial charge in [0.05, 0.1) is 11.0 Å². The molecule has 4 heteroatoms. The molecule has 1 aromatic heterocycles. The molecule has 0 saturated carbocycles. The molecule has 0 amide bonds. The van der Waals surface area contributed by atoms with Crippen LogP contribution in [0.2, 0.25) is 0 Å². The average molecular weight is 333 g/mol. The first kappa shape index (κ1) is 12.6. The van der Waals surface area contributed by atoms with Crippen molar-refractivity contribution < 1.29 is 0 Å². The molecule has 0 atom stereocenters.